The third-order valence-electron chi connectivity index (χ3n) is 3.44. The lowest BCUT2D eigenvalue weighted by atomic mass is 10.3. The Bertz CT molecular complexity index is 475. The molecule has 0 aromatic carbocycles. The summed E-state index contributed by atoms with van der Waals surface area (Å²) >= 11 is 0. The van der Waals surface area contributed by atoms with Crippen molar-refractivity contribution in [1.29, 1.82) is 0 Å². The topological polar surface area (TPSA) is 66.4 Å². The van der Waals surface area contributed by atoms with E-state index in [9.17, 15) is 9.59 Å². The molecule has 2 amide bonds. The van der Waals surface area contributed by atoms with Crippen LogP contribution < -0.4 is 10.6 Å². The Morgan fingerprint density at radius 3 is 2.70 bits per heavy atom. The van der Waals surface area contributed by atoms with Gasteiger partial charge in [-0.3, -0.25) is 9.59 Å². The molecule has 0 radical (unpaired) electrons. The second-order valence-corrected chi connectivity index (χ2v) is 5.21. The highest BCUT2D eigenvalue weighted by Crippen LogP contribution is 2.10. The van der Waals surface area contributed by atoms with Gasteiger partial charge in [-0.05, 0) is 26.0 Å². The van der Waals surface area contributed by atoms with Gasteiger partial charge in [-0.2, -0.15) is 0 Å². The zero-order valence-corrected chi connectivity index (χ0v) is 12.1. The Labute approximate surface area is 119 Å². The average Bonchev–Trinajstić information content (AvgIpc) is 2.95. The third-order valence-corrected chi connectivity index (χ3v) is 3.44. The Kier molecular flexibility index (Phi) is 4.79. The van der Waals surface area contributed by atoms with E-state index in [4.69, 9.17) is 0 Å². The number of nitrogens with zero attached hydrogens (tertiary/aromatic N) is 2. The monoisotopic (exact) mass is 278 g/mol. The number of rotatable bonds is 4. The van der Waals surface area contributed by atoms with Gasteiger partial charge in [-0.25, -0.2) is 0 Å². The van der Waals surface area contributed by atoms with E-state index < -0.39 is 0 Å². The number of carbonyl (C=O) groups excluding carboxylic acids is 2. The minimum atomic E-state index is -0.202. The quantitative estimate of drug-likeness (QED) is 0.828. The van der Waals surface area contributed by atoms with Gasteiger partial charge >= 0.3 is 0 Å². The predicted molar refractivity (Wildman–Crippen MR) is 76.6 cm³/mol. The maximum absolute atomic E-state index is 12.1. The Balaban J connectivity index is 1.88. The Morgan fingerprint density at radius 1 is 1.35 bits per heavy atom. The summed E-state index contributed by atoms with van der Waals surface area (Å²) in [5, 5.41) is 5.90. The van der Waals surface area contributed by atoms with Gasteiger partial charge < -0.3 is 20.1 Å². The molecular weight excluding hydrogens is 256 g/mol. The van der Waals surface area contributed by atoms with E-state index in [1.165, 1.54) is 0 Å². The third kappa shape index (κ3) is 3.39. The molecule has 0 spiro atoms. The summed E-state index contributed by atoms with van der Waals surface area (Å²) in [5.41, 5.74) is 0.591. The van der Waals surface area contributed by atoms with E-state index >= 15 is 0 Å². The number of hydrogen-bond donors (Lipinski definition) is 2. The summed E-state index contributed by atoms with van der Waals surface area (Å²) in [5.74, 6) is -0.227. The summed E-state index contributed by atoms with van der Waals surface area (Å²) in [6.45, 7) is 7.13. The molecule has 20 heavy (non-hydrogen) atoms. The summed E-state index contributed by atoms with van der Waals surface area (Å²) in [6.07, 6.45) is 1.87. The fourth-order valence-corrected chi connectivity index (χ4v) is 2.31. The maximum Gasteiger partial charge on any atom is 0.268 e. The second-order valence-electron chi connectivity index (χ2n) is 5.21. The van der Waals surface area contributed by atoms with E-state index in [1.54, 1.807) is 11.0 Å². The first-order valence-electron chi connectivity index (χ1n) is 7.03. The lowest BCUT2D eigenvalue weighted by molar-refractivity contribution is -0.130. The molecule has 2 rings (SSSR count). The van der Waals surface area contributed by atoms with Crippen LogP contribution in [0.25, 0.3) is 0 Å². The number of aromatic nitrogens is 1. The van der Waals surface area contributed by atoms with Gasteiger partial charge in [0.15, 0.2) is 0 Å². The maximum atomic E-state index is 12.1. The normalized spacial score (nSPS) is 15.4. The van der Waals surface area contributed by atoms with Crippen LogP contribution in [-0.2, 0) is 4.79 Å². The van der Waals surface area contributed by atoms with Crippen molar-refractivity contribution in [3.05, 3.63) is 24.0 Å². The fraction of sp³-hybridized carbons (Fsp3) is 0.571. The standard InChI is InChI=1S/C14H22N4O2/c1-11(2)18-7-3-4-12(18)14(20)16-10-13(19)17-8-5-15-6-9-17/h3-4,7,11,15H,5-6,8-10H2,1-2H3,(H,16,20). The van der Waals surface area contributed by atoms with Crippen molar-refractivity contribution < 1.29 is 9.59 Å². The molecule has 0 unspecified atom stereocenters. The smallest absolute Gasteiger partial charge is 0.268 e. The van der Waals surface area contributed by atoms with Crippen molar-refractivity contribution in [1.82, 2.24) is 20.1 Å². The summed E-state index contributed by atoms with van der Waals surface area (Å²) in [4.78, 5) is 25.8. The van der Waals surface area contributed by atoms with Gasteiger partial charge in [0.25, 0.3) is 5.91 Å². The zero-order valence-electron chi connectivity index (χ0n) is 12.1. The SMILES string of the molecule is CC(C)n1cccc1C(=O)NCC(=O)N1CCNCC1. The highest BCUT2D eigenvalue weighted by molar-refractivity contribution is 5.95. The molecule has 1 aliphatic rings. The van der Waals surface area contributed by atoms with Gasteiger partial charge in [-0.15, -0.1) is 0 Å². The van der Waals surface area contributed by atoms with E-state index in [-0.39, 0.29) is 24.4 Å². The van der Waals surface area contributed by atoms with Gasteiger partial charge in [0.2, 0.25) is 5.91 Å². The van der Waals surface area contributed by atoms with Crippen molar-refractivity contribution in [2.75, 3.05) is 32.7 Å². The van der Waals surface area contributed by atoms with Gasteiger partial charge in [0.05, 0.1) is 6.54 Å². The van der Waals surface area contributed by atoms with Gasteiger partial charge in [0.1, 0.15) is 5.69 Å². The molecular formula is C14H22N4O2. The summed E-state index contributed by atoms with van der Waals surface area (Å²) in [7, 11) is 0. The molecule has 110 valence electrons. The van der Waals surface area contributed by atoms with Crippen LogP contribution in [0.15, 0.2) is 18.3 Å². The van der Waals surface area contributed by atoms with Crippen LogP contribution in [0.3, 0.4) is 0 Å². The highest BCUT2D eigenvalue weighted by atomic mass is 16.2. The van der Waals surface area contributed by atoms with Crippen LogP contribution in [0.4, 0.5) is 0 Å². The minimum absolute atomic E-state index is 0.0255. The number of carbonyl (C=O) groups is 2. The summed E-state index contributed by atoms with van der Waals surface area (Å²) in [6, 6.07) is 3.83. The minimum Gasteiger partial charge on any atom is -0.342 e. The molecule has 1 saturated heterocycles. The number of piperazine rings is 1. The molecule has 1 aromatic heterocycles. The fourth-order valence-electron chi connectivity index (χ4n) is 2.31. The first-order valence-corrected chi connectivity index (χ1v) is 7.03. The van der Waals surface area contributed by atoms with E-state index in [2.05, 4.69) is 10.6 Å². The predicted octanol–water partition coefficient (Wildman–Crippen LogP) is 0.231. The molecule has 0 atom stereocenters. The van der Waals surface area contributed by atoms with Crippen LogP contribution in [0, 0.1) is 0 Å². The molecule has 1 aromatic rings. The van der Waals surface area contributed by atoms with Crippen LogP contribution in [0.1, 0.15) is 30.4 Å². The average molecular weight is 278 g/mol. The molecule has 1 fully saturated rings. The molecule has 1 aliphatic heterocycles. The van der Waals surface area contributed by atoms with Gasteiger partial charge in [-0.1, -0.05) is 0 Å². The Morgan fingerprint density at radius 2 is 2.05 bits per heavy atom. The van der Waals surface area contributed by atoms with Crippen LogP contribution in [0.5, 0.6) is 0 Å². The van der Waals surface area contributed by atoms with Gasteiger partial charge in [0, 0.05) is 38.4 Å². The van der Waals surface area contributed by atoms with E-state index in [1.807, 2.05) is 30.7 Å². The molecule has 0 aliphatic carbocycles. The van der Waals surface area contributed by atoms with Crippen LogP contribution in [0.2, 0.25) is 0 Å². The highest BCUT2D eigenvalue weighted by Gasteiger charge is 2.18. The van der Waals surface area contributed by atoms with Crippen LogP contribution >= 0.6 is 0 Å². The molecule has 2 N–H and O–H groups in total. The van der Waals surface area contributed by atoms with Crippen molar-refractivity contribution in [2.45, 2.75) is 19.9 Å². The van der Waals surface area contributed by atoms with Crippen molar-refractivity contribution in [3.8, 4) is 0 Å². The lowest BCUT2D eigenvalue weighted by Crippen LogP contribution is -2.49. The van der Waals surface area contributed by atoms with Crippen molar-refractivity contribution in [3.63, 3.8) is 0 Å². The molecule has 0 saturated carbocycles. The largest absolute Gasteiger partial charge is 0.342 e. The first-order chi connectivity index (χ1) is 9.59. The summed E-state index contributed by atoms with van der Waals surface area (Å²) < 4.78 is 1.89. The van der Waals surface area contributed by atoms with E-state index in [0.717, 1.165) is 13.1 Å². The molecule has 6 nitrogen and oxygen atoms in total. The molecule has 2 heterocycles. The molecule has 6 heteroatoms. The van der Waals surface area contributed by atoms with Crippen LogP contribution in [-0.4, -0.2) is 54.0 Å². The number of hydrogen-bond acceptors (Lipinski definition) is 3. The molecule has 0 bridgehead atoms. The Hall–Kier alpha value is -1.82. The van der Waals surface area contributed by atoms with Crippen molar-refractivity contribution in [2.24, 2.45) is 0 Å². The first kappa shape index (κ1) is 14.6. The number of amides is 2. The number of nitrogens with one attached hydrogen (secondary N) is 2. The lowest BCUT2D eigenvalue weighted by Gasteiger charge is -2.27. The second kappa shape index (κ2) is 6.56. The zero-order chi connectivity index (χ0) is 14.5. The van der Waals surface area contributed by atoms with E-state index in [0.29, 0.717) is 18.8 Å². The van der Waals surface area contributed by atoms with Crippen molar-refractivity contribution >= 4 is 11.8 Å².